The number of nitrogens with one attached hydrogen (secondary N) is 1. The minimum atomic E-state index is -3.55. The predicted octanol–water partition coefficient (Wildman–Crippen LogP) is 1.88. The quantitative estimate of drug-likeness (QED) is 0.834. The normalized spacial score (nSPS) is 15.7. The van der Waals surface area contributed by atoms with Crippen molar-refractivity contribution in [1.29, 1.82) is 0 Å². The summed E-state index contributed by atoms with van der Waals surface area (Å²) >= 11 is 3.35. The maximum Gasteiger partial charge on any atom is 0.244 e. The number of hydrogen-bond donors (Lipinski definition) is 1. The van der Waals surface area contributed by atoms with Crippen molar-refractivity contribution in [2.24, 2.45) is 7.05 Å². The molecular formula is C11H20BrN3O2S. The monoisotopic (exact) mass is 337 g/mol. The number of nitrogens with zero attached hydrogens (tertiary/aromatic N) is 2. The van der Waals surface area contributed by atoms with Crippen LogP contribution in [0.5, 0.6) is 0 Å². The van der Waals surface area contributed by atoms with Crippen LogP contribution in [0.2, 0.25) is 0 Å². The average Bonchev–Trinajstić information content (AvgIpc) is 2.52. The summed E-state index contributed by atoms with van der Waals surface area (Å²) in [6, 6.07) is 0. The van der Waals surface area contributed by atoms with Gasteiger partial charge in [0.15, 0.2) is 0 Å². The topological polar surface area (TPSA) is 64.0 Å². The third-order valence-corrected chi connectivity index (χ3v) is 6.29. The Bertz CT molecular complexity index is 533. The first-order chi connectivity index (χ1) is 8.17. The van der Waals surface area contributed by atoms with Crippen LogP contribution in [0.1, 0.15) is 31.7 Å². The van der Waals surface area contributed by atoms with Gasteiger partial charge < -0.3 is 0 Å². The molecule has 1 N–H and O–H groups in total. The van der Waals surface area contributed by atoms with Gasteiger partial charge in [-0.1, -0.05) is 22.9 Å². The van der Waals surface area contributed by atoms with Gasteiger partial charge in [-0.25, -0.2) is 13.1 Å². The van der Waals surface area contributed by atoms with E-state index < -0.39 is 15.6 Å². The summed E-state index contributed by atoms with van der Waals surface area (Å²) in [6.45, 7) is 7.29. The van der Waals surface area contributed by atoms with Crippen molar-refractivity contribution in [3.63, 3.8) is 0 Å². The highest BCUT2D eigenvalue weighted by Crippen LogP contribution is 2.22. The smallest absolute Gasteiger partial charge is 0.244 e. The molecule has 5 nitrogen and oxygen atoms in total. The standard InChI is InChI=1S/C11H20BrN3O2S/c1-6-11(4,7-12)14-18(16,17)10-8(2)13-15(5)9(10)3/h14H,6-7H2,1-5H3. The summed E-state index contributed by atoms with van der Waals surface area (Å²) in [6.07, 6.45) is 0.704. The Morgan fingerprint density at radius 2 is 2.00 bits per heavy atom. The Hall–Kier alpha value is -0.400. The molecule has 0 aliphatic carbocycles. The van der Waals surface area contributed by atoms with E-state index in [1.54, 1.807) is 25.6 Å². The van der Waals surface area contributed by atoms with Crippen LogP contribution < -0.4 is 4.72 Å². The predicted molar refractivity (Wildman–Crippen MR) is 75.5 cm³/mol. The van der Waals surface area contributed by atoms with E-state index in [1.165, 1.54) is 0 Å². The van der Waals surface area contributed by atoms with Crippen molar-refractivity contribution in [2.75, 3.05) is 5.33 Å². The lowest BCUT2D eigenvalue weighted by molar-refractivity contribution is 0.449. The van der Waals surface area contributed by atoms with Crippen molar-refractivity contribution in [3.05, 3.63) is 11.4 Å². The zero-order valence-corrected chi connectivity index (χ0v) is 13.8. The largest absolute Gasteiger partial charge is 0.271 e. The van der Waals surface area contributed by atoms with E-state index in [9.17, 15) is 8.42 Å². The molecule has 7 heteroatoms. The van der Waals surface area contributed by atoms with E-state index in [1.807, 2.05) is 13.8 Å². The van der Waals surface area contributed by atoms with E-state index in [0.717, 1.165) is 0 Å². The van der Waals surface area contributed by atoms with Gasteiger partial charge in [0.25, 0.3) is 0 Å². The van der Waals surface area contributed by atoms with Crippen LogP contribution in [0.4, 0.5) is 0 Å². The van der Waals surface area contributed by atoms with Crippen LogP contribution in [-0.2, 0) is 17.1 Å². The Balaban J connectivity index is 3.23. The number of aromatic nitrogens is 2. The maximum absolute atomic E-state index is 12.4. The molecule has 1 aromatic rings. The molecule has 1 rings (SSSR count). The molecule has 0 aromatic carbocycles. The molecule has 1 unspecified atom stereocenters. The molecule has 0 saturated carbocycles. The lowest BCUT2D eigenvalue weighted by atomic mass is 10.0. The fourth-order valence-electron chi connectivity index (χ4n) is 1.71. The van der Waals surface area contributed by atoms with Crippen molar-refractivity contribution in [3.8, 4) is 0 Å². The van der Waals surface area contributed by atoms with E-state index in [2.05, 4.69) is 25.8 Å². The van der Waals surface area contributed by atoms with Crippen LogP contribution in [0.15, 0.2) is 4.90 Å². The van der Waals surface area contributed by atoms with Crippen LogP contribution in [0.3, 0.4) is 0 Å². The molecule has 0 amide bonds. The van der Waals surface area contributed by atoms with Crippen LogP contribution >= 0.6 is 15.9 Å². The first-order valence-corrected chi connectivity index (χ1v) is 8.37. The summed E-state index contributed by atoms with van der Waals surface area (Å²) in [5, 5.41) is 4.71. The minimum Gasteiger partial charge on any atom is -0.271 e. The molecule has 104 valence electrons. The van der Waals surface area contributed by atoms with Gasteiger partial charge in [-0.05, 0) is 27.2 Å². The second-order valence-electron chi connectivity index (χ2n) is 4.78. The summed E-state index contributed by atoms with van der Waals surface area (Å²) < 4.78 is 29.2. The maximum atomic E-state index is 12.4. The SMILES string of the molecule is CCC(C)(CBr)NS(=O)(=O)c1c(C)nn(C)c1C. The minimum absolute atomic E-state index is 0.283. The summed E-state index contributed by atoms with van der Waals surface area (Å²) in [5.74, 6) is 0. The lowest BCUT2D eigenvalue weighted by Gasteiger charge is -2.26. The highest BCUT2D eigenvalue weighted by Gasteiger charge is 2.31. The molecular weight excluding hydrogens is 318 g/mol. The highest BCUT2D eigenvalue weighted by atomic mass is 79.9. The van der Waals surface area contributed by atoms with Gasteiger partial charge in [-0.2, -0.15) is 5.10 Å². The van der Waals surface area contributed by atoms with E-state index in [0.29, 0.717) is 23.1 Å². The molecule has 0 radical (unpaired) electrons. The molecule has 0 saturated heterocycles. The van der Waals surface area contributed by atoms with E-state index in [4.69, 9.17) is 0 Å². The summed E-state index contributed by atoms with van der Waals surface area (Å²) in [7, 11) is -1.81. The lowest BCUT2D eigenvalue weighted by Crippen LogP contribution is -2.47. The first kappa shape index (κ1) is 15.7. The van der Waals surface area contributed by atoms with Crippen LogP contribution in [-0.4, -0.2) is 29.1 Å². The molecule has 0 aliphatic rings. The van der Waals surface area contributed by atoms with Crippen molar-refractivity contribution in [2.45, 2.75) is 44.6 Å². The molecule has 1 aromatic heterocycles. The molecule has 0 bridgehead atoms. The van der Waals surface area contributed by atoms with Gasteiger partial charge in [0.05, 0.1) is 11.4 Å². The van der Waals surface area contributed by atoms with Gasteiger partial charge in [0.1, 0.15) is 4.90 Å². The van der Waals surface area contributed by atoms with Gasteiger partial charge in [0, 0.05) is 17.9 Å². The fourth-order valence-corrected chi connectivity index (χ4v) is 4.35. The number of rotatable bonds is 5. The van der Waals surface area contributed by atoms with Crippen LogP contribution in [0.25, 0.3) is 0 Å². The van der Waals surface area contributed by atoms with Gasteiger partial charge >= 0.3 is 0 Å². The Kier molecular flexibility index (Phi) is 4.61. The second-order valence-corrected chi connectivity index (χ2v) is 6.96. The third kappa shape index (κ3) is 2.95. The number of halogens is 1. The van der Waals surface area contributed by atoms with Crippen molar-refractivity contribution < 1.29 is 8.42 Å². The van der Waals surface area contributed by atoms with E-state index in [-0.39, 0.29) is 4.90 Å². The average molecular weight is 338 g/mol. The fraction of sp³-hybridized carbons (Fsp3) is 0.727. The zero-order valence-electron chi connectivity index (χ0n) is 11.4. The summed E-state index contributed by atoms with van der Waals surface area (Å²) in [5.41, 5.74) is 0.677. The summed E-state index contributed by atoms with van der Waals surface area (Å²) in [4.78, 5) is 0.283. The zero-order chi connectivity index (χ0) is 14.1. The Labute approximate surface area is 117 Å². The Morgan fingerprint density at radius 1 is 1.44 bits per heavy atom. The molecule has 18 heavy (non-hydrogen) atoms. The first-order valence-electron chi connectivity index (χ1n) is 5.77. The van der Waals surface area contributed by atoms with Gasteiger partial charge in [-0.3, -0.25) is 4.68 Å². The van der Waals surface area contributed by atoms with Crippen molar-refractivity contribution >= 4 is 26.0 Å². The molecule has 0 fully saturated rings. The number of aryl methyl sites for hydroxylation is 2. The number of sulfonamides is 1. The van der Waals surface area contributed by atoms with E-state index >= 15 is 0 Å². The Morgan fingerprint density at radius 3 is 2.33 bits per heavy atom. The number of alkyl halides is 1. The van der Waals surface area contributed by atoms with Gasteiger partial charge in [-0.15, -0.1) is 0 Å². The van der Waals surface area contributed by atoms with Crippen LogP contribution in [0, 0.1) is 13.8 Å². The second kappa shape index (κ2) is 5.30. The molecule has 1 heterocycles. The molecule has 1 atom stereocenters. The third-order valence-electron chi connectivity index (χ3n) is 3.17. The molecule has 0 spiro atoms. The van der Waals surface area contributed by atoms with Gasteiger partial charge in [0.2, 0.25) is 10.0 Å². The van der Waals surface area contributed by atoms with Crippen molar-refractivity contribution in [1.82, 2.24) is 14.5 Å². The molecule has 0 aliphatic heterocycles. The highest BCUT2D eigenvalue weighted by molar-refractivity contribution is 9.09. The number of hydrogen-bond acceptors (Lipinski definition) is 3.